The van der Waals surface area contributed by atoms with Crippen molar-refractivity contribution in [3.05, 3.63) is 36.2 Å². The molecule has 18 heavy (non-hydrogen) atoms. The molecule has 1 aromatic carbocycles. The first-order valence-corrected chi connectivity index (χ1v) is 5.16. The van der Waals surface area contributed by atoms with Crippen LogP contribution < -0.4 is 11.5 Å². The number of carbonyl (C=O) groups is 1. The van der Waals surface area contributed by atoms with E-state index in [1.807, 2.05) is 0 Å². The van der Waals surface area contributed by atoms with Gasteiger partial charge < -0.3 is 15.9 Å². The summed E-state index contributed by atoms with van der Waals surface area (Å²) < 4.78 is 6.82. The summed E-state index contributed by atoms with van der Waals surface area (Å²) in [4.78, 5) is 15.2. The van der Waals surface area contributed by atoms with Crippen molar-refractivity contribution in [2.45, 2.75) is 0 Å². The second-order valence-electron chi connectivity index (χ2n) is 3.70. The van der Waals surface area contributed by atoms with E-state index in [-0.39, 0.29) is 11.7 Å². The highest BCUT2D eigenvalue weighted by atomic mass is 16.4. The summed E-state index contributed by atoms with van der Waals surface area (Å²) >= 11 is 0. The molecule has 2 heterocycles. The number of aromatic nitrogens is 3. The molecule has 0 saturated carbocycles. The summed E-state index contributed by atoms with van der Waals surface area (Å²) in [6, 6.07) is 6.97. The summed E-state index contributed by atoms with van der Waals surface area (Å²) in [6.07, 6.45) is 1.54. The zero-order valence-corrected chi connectivity index (χ0v) is 9.20. The molecule has 7 heteroatoms. The zero-order valence-electron chi connectivity index (χ0n) is 9.20. The molecule has 0 aliphatic carbocycles. The standard InChI is InChI=1S/C11H9N5O2/c12-6-2-1-3-8-9(6)14-11(18-8)16-5-4-7(15-16)10(13)17/h1-5H,12H2,(H2,13,17). The maximum absolute atomic E-state index is 10.9. The Kier molecular flexibility index (Phi) is 2.06. The molecule has 90 valence electrons. The number of nitrogens with zero attached hydrogens (tertiary/aromatic N) is 3. The van der Waals surface area contributed by atoms with Crippen molar-refractivity contribution in [1.82, 2.24) is 14.8 Å². The fraction of sp³-hybridized carbons (Fsp3) is 0. The third-order valence-electron chi connectivity index (χ3n) is 2.48. The highest BCUT2D eigenvalue weighted by Crippen LogP contribution is 2.22. The Morgan fingerprint density at radius 3 is 2.83 bits per heavy atom. The number of benzene rings is 1. The van der Waals surface area contributed by atoms with Gasteiger partial charge in [0.1, 0.15) is 5.52 Å². The SMILES string of the molecule is NC(=O)c1ccn(-c2nc3c(N)cccc3o2)n1. The van der Waals surface area contributed by atoms with Crippen LogP contribution >= 0.6 is 0 Å². The van der Waals surface area contributed by atoms with Gasteiger partial charge in [-0.1, -0.05) is 6.07 Å². The summed E-state index contributed by atoms with van der Waals surface area (Å²) in [5.74, 6) is -0.607. The minimum atomic E-state index is -0.607. The molecular weight excluding hydrogens is 234 g/mol. The molecule has 0 unspecified atom stereocenters. The quantitative estimate of drug-likeness (QED) is 0.643. The van der Waals surface area contributed by atoms with Crippen LogP contribution in [0.2, 0.25) is 0 Å². The maximum atomic E-state index is 10.9. The van der Waals surface area contributed by atoms with Crippen LogP contribution in [-0.2, 0) is 0 Å². The van der Waals surface area contributed by atoms with Gasteiger partial charge in [-0.2, -0.15) is 14.8 Å². The molecule has 0 saturated heterocycles. The summed E-state index contributed by atoms with van der Waals surface area (Å²) in [7, 11) is 0. The van der Waals surface area contributed by atoms with Gasteiger partial charge >= 0.3 is 6.01 Å². The Labute approximate surface area is 101 Å². The molecule has 7 nitrogen and oxygen atoms in total. The van der Waals surface area contributed by atoms with E-state index in [0.29, 0.717) is 16.8 Å². The van der Waals surface area contributed by atoms with Gasteiger partial charge in [0.25, 0.3) is 5.91 Å². The predicted molar refractivity (Wildman–Crippen MR) is 64.1 cm³/mol. The molecule has 0 radical (unpaired) electrons. The lowest BCUT2D eigenvalue weighted by Crippen LogP contribution is -2.12. The average Bonchev–Trinajstić information content (AvgIpc) is 2.95. The molecular formula is C11H9N5O2. The summed E-state index contributed by atoms with van der Waals surface area (Å²) in [5, 5.41) is 3.95. The van der Waals surface area contributed by atoms with E-state index in [4.69, 9.17) is 15.9 Å². The number of anilines is 1. The molecule has 1 amide bonds. The van der Waals surface area contributed by atoms with Gasteiger partial charge in [-0.3, -0.25) is 4.79 Å². The van der Waals surface area contributed by atoms with Crippen molar-refractivity contribution >= 4 is 22.7 Å². The fourth-order valence-electron chi connectivity index (χ4n) is 1.62. The number of primary amides is 1. The predicted octanol–water partition coefficient (Wildman–Crippen LogP) is 0.695. The van der Waals surface area contributed by atoms with Crippen molar-refractivity contribution in [1.29, 1.82) is 0 Å². The number of fused-ring (bicyclic) bond motifs is 1. The molecule has 4 N–H and O–H groups in total. The number of carbonyl (C=O) groups excluding carboxylic acids is 1. The molecule has 0 atom stereocenters. The van der Waals surface area contributed by atoms with Crippen LogP contribution in [0.4, 0.5) is 5.69 Å². The van der Waals surface area contributed by atoms with Gasteiger partial charge in [-0.25, -0.2) is 0 Å². The van der Waals surface area contributed by atoms with E-state index in [9.17, 15) is 4.79 Å². The van der Waals surface area contributed by atoms with E-state index >= 15 is 0 Å². The minimum Gasteiger partial charge on any atom is -0.422 e. The molecule has 2 aromatic heterocycles. The molecule has 3 rings (SSSR count). The molecule has 0 aliphatic heterocycles. The molecule has 0 aliphatic rings. The monoisotopic (exact) mass is 243 g/mol. The van der Waals surface area contributed by atoms with E-state index in [1.165, 1.54) is 10.7 Å². The van der Waals surface area contributed by atoms with Gasteiger partial charge in [0.2, 0.25) is 0 Å². The summed E-state index contributed by atoms with van der Waals surface area (Å²) in [5.41, 5.74) is 12.7. The number of nitrogen functional groups attached to an aromatic ring is 1. The highest BCUT2D eigenvalue weighted by molar-refractivity contribution is 5.90. The number of amides is 1. The molecule has 0 bridgehead atoms. The van der Waals surface area contributed by atoms with Crippen LogP contribution in [-0.4, -0.2) is 20.7 Å². The molecule has 0 spiro atoms. The molecule has 3 aromatic rings. The van der Waals surface area contributed by atoms with Crippen LogP contribution in [0, 0.1) is 0 Å². The lowest BCUT2D eigenvalue weighted by Gasteiger charge is -1.91. The number of hydrogen-bond acceptors (Lipinski definition) is 5. The Hall–Kier alpha value is -2.83. The normalized spacial score (nSPS) is 10.9. The topological polar surface area (TPSA) is 113 Å². The van der Waals surface area contributed by atoms with Crippen LogP contribution in [0.3, 0.4) is 0 Å². The van der Waals surface area contributed by atoms with E-state index < -0.39 is 5.91 Å². The Morgan fingerprint density at radius 2 is 2.17 bits per heavy atom. The van der Waals surface area contributed by atoms with Gasteiger partial charge in [0.05, 0.1) is 5.69 Å². The number of hydrogen-bond donors (Lipinski definition) is 2. The van der Waals surface area contributed by atoms with E-state index in [0.717, 1.165) is 0 Å². The van der Waals surface area contributed by atoms with Crippen LogP contribution in [0.15, 0.2) is 34.9 Å². The zero-order chi connectivity index (χ0) is 12.7. The van der Waals surface area contributed by atoms with E-state index in [2.05, 4.69) is 10.1 Å². The van der Waals surface area contributed by atoms with Crippen LogP contribution in [0.25, 0.3) is 17.1 Å². The first kappa shape index (κ1) is 10.3. The fourth-order valence-corrected chi connectivity index (χ4v) is 1.62. The second kappa shape index (κ2) is 3.59. The second-order valence-corrected chi connectivity index (χ2v) is 3.70. The summed E-state index contributed by atoms with van der Waals surface area (Å²) in [6.45, 7) is 0. The smallest absolute Gasteiger partial charge is 0.323 e. The lowest BCUT2D eigenvalue weighted by molar-refractivity contribution is 0.0995. The van der Waals surface area contributed by atoms with Crippen molar-refractivity contribution in [2.75, 3.05) is 5.73 Å². The first-order chi connectivity index (χ1) is 8.65. The largest absolute Gasteiger partial charge is 0.422 e. The van der Waals surface area contributed by atoms with Gasteiger partial charge in [0, 0.05) is 6.20 Å². The third kappa shape index (κ3) is 1.49. The third-order valence-corrected chi connectivity index (χ3v) is 2.48. The first-order valence-electron chi connectivity index (χ1n) is 5.16. The highest BCUT2D eigenvalue weighted by Gasteiger charge is 2.12. The number of rotatable bonds is 2. The Morgan fingerprint density at radius 1 is 1.33 bits per heavy atom. The van der Waals surface area contributed by atoms with Crippen molar-refractivity contribution in [3.63, 3.8) is 0 Å². The average molecular weight is 243 g/mol. The van der Waals surface area contributed by atoms with Crippen molar-refractivity contribution in [2.24, 2.45) is 5.73 Å². The number of nitrogens with two attached hydrogens (primary N) is 2. The Bertz CT molecular complexity index is 743. The van der Waals surface area contributed by atoms with Gasteiger partial charge in [-0.05, 0) is 18.2 Å². The molecule has 0 fully saturated rings. The Balaban J connectivity index is 2.13. The van der Waals surface area contributed by atoms with E-state index in [1.54, 1.807) is 24.4 Å². The van der Waals surface area contributed by atoms with Gasteiger partial charge in [-0.15, -0.1) is 0 Å². The van der Waals surface area contributed by atoms with Crippen molar-refractivity contribution in [3.8, 4) is 6.01 Å². The van der Waals surface area contributed by atoms with Crippen LogP contribution in [0.5, 0.6) is 0 Å². The van der Waals surface area contributed by atoms with Crippen molar-refractivity contribution < 1.29 is 9.21 Å². The van der Waals surface area contributed by atoms with Crippen LogP contribution in [0.1, 0.15) is 10.5 Å². The number of oxazole rings is 1. The number of para-hydroxylation sites is 1. The minimum absolute atomic E-state index is 0.144. The maximum Gasteiger partial charge on any atom is 0.323 e. The van der Waals surface area contributed by atoms with Gasteiger partial charge in [0.15, 0.2) is 11.3 Å². The lowest BCUT2D eigenvalue weighted by atomic mass is 10.3.